The molecule has 0 aliphatic rings. The molecule has 0 saturated carbocycles. The van der Waals surface area contributed by atoms with E-state index in [9.17, 15) is 0 Å². The molecule has 7 aromatic carbocycles. The van der Waals surface area contributed by atoms with Crippen LogP contribution in [0.1, 0.15) is 0 Å². The summed E-state index contributed by atoms with van der Waals surface area (Å²) in [5.41, 5.74) is 10.3. The average Bonchev–Trinajstić information content (AvgIpc) is 3.65. The molecule has 0 aliphatic heterocycles. The Morgan fingerprint density at radius 2 is 1.11 bits per heavy atom. The van der Waals surface area contributed by atoms with E-state index in [0.717, 1.165) is 22.4 Å². The predicted octanol–water partition coefficient (Wildman–Crippen LogP) is 10.7. The fourth-order valence-electron chi connectivity index (χ4n) is 7.33. The maximum absolute atomic E-state index is 5.17. The molecule has 44 heavy (non-hydrogen) atoms. The molecule has 0 amide bonds. The van der Waals surface area contributed by atoms with Gasteiger partial charge in [-0.25, -0.2) is 4.98 Å². The van der Waals surface area contributed by atoms with Crippen LogP contribution in [0.15, 0.2) is 152 Å². The molecule has 0 N–H and O–H groups in total. The van der Waals surface area contributed by atoms with Gasteiger partial charge in [0.2, 0.25) is 0 Å². The van der Waals surface area contributed by atoms with Gasteiger partial charge in [-0.3, -0.25) is 4.40 Å². The lowest BCUT2D eigenvalue weighted by Crippen LogP contribution is -1.95. The highest BCUT2D eigenvalue weighted by Gasteiger charge is 2.20. The third-order valence-electron chi connectivity index (χ3n) is 9.24. The van der Waals surface area contributed by atoms with Crippen LogP contribution in [0.25, 0.3) is 87.7 Å². The highest BCUT2D eigenvalue weighted by molar-refractivity contribution is 6.30. The minimum Gasteiger partial charge on any atom is -0.309 e. The quantitative estimate of drug-likeness (QED) is 0.193. The molecule has 0 aliphatic carbocycles. The van der Waals surface area contributed by atoms with E-state index in [-0.39, 0.29) is 0 Å². The molecule has 0 atom stereocenters. The summed E-state index contributed by atoms with van der Waals surface area (Å²) in [5.74, 6) is 0. The Labute approximate surface area is 252 Å². The lowest BCUT2D eigenvalue weighted by molar-refractivity contribution is 1.18. The minimum absolute atomic E-state index is 0.997. The fourth-order valence-corrected chi connectivity index (χ4v) is 7.33. The van der Waals surface area contributed by atoms with E-state index < -0.39 is 0 Å². The van der Waals surface area contributed by atoms with E-state index in [1.54, 1.807) is 0 Å². The van der Waals surface area contributed by atoms with E-state index in [2.05, 4.69) is 161 Å². The van der Waals surface area contributed by atoms with Crippen molar-refractivity contribution in [3.05, 3.63) is 152 Å². The highest BCUT2D eigenvalue weighted by Crippen LogP contribution is 2.42. The molecule has 0 saturated heterocycles. The summed E-state index contributed by atoms with van der Waals surface area (Å²) in [4.78, 5) is 5.17. The van der Waals surface area contributed by atoms with Gasteiger partial charge >= 0.3 is 0 Å². The third-order valence-corrected chi connectivity index (χ3v) is 9.24. The van der Waals surface area contributed by atoms with Crippen molar-refractivity contribution < 1.29 is 0 Å². The van der Waals surface area contributed by atoms with Crippen molar-refractivity contribution in [2.24, 2.45) is 0 Å². The van der Waals surface area contributed by atoms with Crippen LogP contribution in [0.5, 0.6) is 0 Å². The molecule has 0 bridgehead atoms. The van der Waals surface area contributed by atoms with Crippen molar-refractivity contribution in [3.63, 3.8) is 0 Å². The minimum atomic E-state index is 0.997. The molecule has 0 fully saturated rings. The van der Waals surface area contributed by atoms with E-state index in [0.29, 0.717) is 0 Å². The molecular formula is C41H25N3. The molecule has 3 nitrogen and oxygen atoms in total. The van der Waals surface area contributed by atoms with Gasteiger partial charge in [-0.15, -0.1) is 0 Å². The maximum atomic E-state index is 5.17. The van der Waals surface area contributed by atoms with Crippen molar-refractivity contribution in [3.8, 4) is 16.8 Å². The summed E-state index contributed by atoms with van der Waals surface area (Å²) in [6.07, 6.45) is 0. The second-order valence-corrected chi connectivity index (χ2v) is 11.6. The van der Waals surface area contributed by atoms with Gasteiger partial charge in [-0.05, 0) is 76.5 Å². The first kappa shape index (κ1) is 23.6. The number of pyridine rings is 1. The van der Waals surface area contributed by atoms with Gasteiger partial charge in [0, 0.05) is 32.6 Å². The lowest BCUT2D eigenvalue weighted by atomic mass is 10.00. The van der Waals surface area contributed by atoms with Crippen molar-refractivity contribution in [2.45, 2.75) is 0 Å². The Balaban J connectivity index is 1.32. The molecule has 3 aromatic heterocycles. The van der Waals surface area contributed by atoms with Crippen LogP contribution in [0.3, 0.4) is 0 Å². The van der Waals surface area contributed by atoms with Crippen molar-refractivity contribution >= 4 is 70.9 Å². The number of benzene rings is 7. The van der Waals surface area contributed by atoms with Crippen LogP contribution >= 0.6 is 0 Å². The van der Waals surface area contributed by atoms with Gasteiger partial charge < -0.3 is 4.57 Å². The lowest BCUT2D eigenvalue weighted by Gasteiger charge is -2.12. The van der Waals surface area contributed by atoms with Crippen LogP contribution in [-0.4, -0.2) is 14.0 Å². The number of imidazole rings is 1. The second-order valence-electron chi connectivity index (χ2n) is 11.6. The SMILES string of the molecule is c1cc(-c2ccc3ccccc3c2)cc(-n2c3ccccc3c3c4c5ccccc5n5c6ccccc6nc5c4ccc32)c1. The summed E-state index contributed by atoms with van der Waals surface area (Å²) < 4.78 is 4.75. The summed E-state index contributed by atoms with van der Waals surface area (Å²) in [5, 5.41) is 8.67. The Bertz CT molecular complexity index is 2780. The fraction of sp³-hybridized carbons (Fsp3) is 0. The molecule has 10 rings (SSSR count). The van der Waals surface area contributed by atoms with Gasteiger partial charge in [0.05, 0.1) is 27.6 Å². The Hall–Kier alpha value is -5.93. The molecule has 0 radical (unpaired) electrons. The van der Waals surface area contributed by atoms with Crippen LogP contribution in [0, 0.1) is 0 Å². The average molecular weight is 560 g/mol. The Kier molecular flexibility index (Phi) is 4.72. The molecular weight excluding hydrogens is 534 g/mol. The first-order valence-electron chi connectivity index (χ1n) is 15.1. The molecule has 3 heteroatoms. The monoisotopic (exact) mass is 559 g/mol. The van der Waals surface area contributed by atoms with E-state index in [1.807, 2.05) is 0 Å². The number of nitrogens with zero attached hydrogens (tertiary/aromatic N) is 3. The zero-order chi connectivity index (χ0) is 28.8. The van der Waals surface area contributed by atoms with Gasteiger partial charge in [-0.2, -0.15) is 0 Å². The second kappa shape index (κ2) is 8.79. The maximum Gasteiger partial charge on any atom is 0.146 e. The van der Waals surface area contributed by atoms with Crippen molar-refractivity contribution in [2.75, 3.05) is 0 Å². The number of hydrogen-bond acceptors (Lipinski definition) is 1. The van der Waals surface area contributed by atoms with Crippen LogP contribution in [0.2, 0.25) is 0 Å². The largest absolute Gasteiger partial charge is 0.309 e. The first-order chi connectivity index (χ1) is 21.8. The Morgan fingerprint density at radius 3 is 2.00 bits per heavy atom. The number of fused-ring (bicyclic) bond motifs is 13. The van der Waals surface area contributed by atoms with E-state index in [1.165, 1.54) is 65.4 Å². The van der Waals surface area contributed by atoms with Gasteiger partial charge in [0.1, 0.15) is 5.65 Å². The number of rotatable bonds is 2. The van der Waals surface area contributed by atoms with Crippen molar-refractivity contribution in [1.29, 1.82) is 0 Å². The molecule has 204 valence electrons. The van der Waals surface area contributed by atoms with Crippen LogP contribution < -0.4 is 0 Å². The van der Waals surface area contributed by atoms with E-state index in [4.69, 9.17) is 4.98 Å². The zero-order valence-electron chi connectivity index (χ0n) is 23.8. The Morgan fingerprint density at radius 1 is 0.409 bits per heavy atom. The smallest absolute Gasteiger partial charge is 0.146 e. The van der Waals surface area contributed by atoms with Gasteiger partial charge in [0.15, 0.2) is 0 Å². The van der Waals surface area contributed by atoms with Crippen LogP contribution in [0.4, 0.5) is 0 Å². The number of aromatic nitrogens is 3. The predicted molar refractivity (Wildman–Crippen MR) is 185 cm³/mol. The normalized spacial score (nSPS) is 12.1. The zero-order valence-corrected chi connectivity index (χ0v) is 23.8. The standard InChI is InChI=1S/C41H25N3/c1-2-11-27-24-29(21-20-26(27)10-1)28-12-9-13-30(25-28)43-35-17-6-4-15-32(35)40-38(43)23-22-33-39(40)31-14-3-7-18-36(31)44-37-19-8-5-16-34(37)42-41(33)44/h1-25H. The third kappa shape index (κ3) is 3.18. The molecule has 10 aromatic rings. The highest BCUT2D eigenvalue weighted by atomic mass is 15.0. The summed E-state index contributed by atoms with van der Waals surface area (Å²) in [6, 6.07) is 54.8. The van der Waals surface area contributed by atoms with Gasteiger partial charge in [0.25, 0.3) is 0 Å². The number of hydrogen-bond donors (Lipinski definition) is 0. The first-order valence-corrected chi connectivity index (χ1v) is 15.1. The summed E-state index contributed by atoms with van der Waals surface area (Å²) >= 11 is 0. The molecule has 0 spiro atoms. The van der Waals surface area contributed by atoms with Gasteiger partial charge in [-0.1, -0.05) is 97.1 Å². The number of para-hydroxylation sites is 4. The summed E-state index contributed by atoms with van der Waals surface area (Å²) in [7, 11) is 0. The van der Waals surface area contributed by atoms with Crippen molar-refractivity contribution in [1.82, 2.24) is 14.0 Å². The summed E-state index contributed by atoms with van der Waals surface area (Å²) in [6.45, 7) is 0. The molecule has 0 unspecified atom stereocenters. The van der Waals surface area contributed by atoms with Crippen LogP contribution in [-0.2, 0) is 0 Å². The van der Waals surface area contributed by atoms with E-state index >= 15 is 0 Å². The molecule has 3 heterocycles. The topological polar surface area (TPSA) is 22.2 Å².